The second kappa shape index (κ2) is 2.98. The summed E-state index contributed by atoms with van der Waals surface area (Å²) in [5, 5.41) is 0. The summed E-state index contributed by atoms with van der Waals surface area (Å²) in [6.45, 7) is 0. The van der Waals surface area contributed by atoms with Crippen LogP contribution in [0.4, 0.5) is 0 Å². The van der Waals surface area contributed by atoms with Crippen molar-refractivity contribution in [1.29, 1.82) is 0 Å². The average Bonchev–Trinajstić information content (AvgIpc) is 1.95. The first kappa shape index (κ1) is 7.83. The maximum absolute atomic E-state index is 9.45. The Bertz CT molecular complexity index is 115. The molecule has 0 atom stereocenters. The van der Waals surface area contributed by atoms with Crippen molar-refractivity contribution in [2.45, 2.75) is 0 Å². The molecular formula is HN4O4P. The van der Waals surface area contributed by atoms with E-state index in [4.69, 9.17) is 0 Å². The second-order valence-electron chi connectivity index (χ2n) is 0.965. The van der Waals surface area contributed by atoms with Crippen LogP contribution in [0.1, 0.15) is 0 Å². The Balaban J connectivity index is 4.53. The van der Waals surface area contributed by atoms with Crippen LogP contribution in [0.15, 0.2) is 19.8 Å². The van der Waals surface area contributed by atoms with Gasteiger partial charge < -0.3 is 0 Å². The van der Waals surface area contributed by atoms with Crippen LogP contribution < -0.4 is 0 Å². The van der Waals surface area contributed by atoms with E-state index < -0.39 is 7.87 Å². The molecule has 0 heterocycles. The quantitative estimate of drug-likeness (QED) is 0.447. The van der Waals surface area contributed by atoms with Gasteiger partial charge in [-0.05, 0) is 0 Å². The zero-order chi connectivity index (χ0) is 7.33. The third-order valence-corrected chi connectivity index (χ3v) is 1.47. The SMILES string of the molecule is O=N[PH](N=O)(N=O)N=O. The van der Waals surface area contributed by atoms with Crippen LogP contribution in [0.2, 0.25) is 0 Å². The summed E-state index contributed by atoms with van der Waals surface area (Å²) >= 11 is 0. The van der Waals surface area contributed by atoms with Crippen molar-refractivity contribution in [3.63, 3.8) is 0 Å². The van der Waals surface area contributed by atoms with Gasteiger partial charge in [-0.1, -0.05) is 0 Å². The van der Waals surface area contributed by atoms with Crippen molar-refractivity contribution < 1.29 is 0 Å². The van der Waals surface area contributed by atoms with Gasteiger partial charge in [0.2, 0.25) is 0 Å². The number of hydrogen-bond acceptors (Lipinski definition) is 8. The van der Waals surface area contributed by atoms with Gasteiger partial charge in [0.1, 0.15) is 0 Å². The van der Waals surface area contributed by atoms with Gasteiger partial charge in [-0.3, -0.25) is 0 Å². The third kappa shape index (κ3) is 1.36. The molecule has 0 aromatic carbocycles. The molecule has 0 aliphatic rings. The van der Waals surface area contributed by atoms with Crippen molar-refractivity contribution in [2.24, 2.45) is 19.8 Å². The van der Waals surface area contributed by atoms with Crippen LogP contribution in [0.25, 0.3) is 0 Å². The number of rotatable bonds is 4. The van der Waals surface area contributed by atoms with Crippen LogP contribution in [-0.2, 0) is 0 Å². The van der Waals surface area contributed by atoms with Crippen molar-refractivity contribution in [1.82, 2.24) is 0 Å². The fourth-order valence-corrected chi connectivity index (χ4v) is 0.300. The summed E-state index contributed by atoms with van der Waals surface area (Å²) in [7, 11) is -4.41. The Kier molecular flexibility index (Phi) is 2.59. The van der Waals surface area contributed by atoms with E-state index in [2.05, 4.69) is 0 Å². The molecular weight excluding hydrogens is 151 g/mol. The summed E-state index contributed by atoms with van der Waals surface area (Å²) in [6, 6.07) is 0. The normalized spacial score (nSPS) is 11.6. The molecule has 9 heteroatoms. The minimum atomic E-state index is -4.41. The Morgan fingerprint density at radius 2 is 0.889 bits per heavy atom. The van der Waals surface area contributed by atoms with Gasteiger partial charge in [-0.2, -0.15) is 0 Å². The molecule has 0 rings (SSSR count). The van der Waals surface area contributed by atoms with Crippen molar-refractivity contribution in [2.75, 3.05) is 0 Å². The summed E-state index contributed by atoms with van der Waals surface area (Å²) in [5.41, 5.74) is 0. The number of nitrogens with zero attached hydrogens (tertiary/aromatic N) is 4. The summed E-state index contributed by atoms with van der Waals surface area (Å²) in [5.74, 6) is 0. The van der Waals surface area contributed by atoms with Crippen LogP contribution >= 0.6 is 7.87 Å². The van der Waals surface area contributed by atoms with Gasteiger partial charge in [0.25, 0.3) is 0 Å². The standard InChI is InChI=1S/HN4O4P/c5-1-9(2-6,3-7)4-8/h9H. The molecule has 0 aromatic heterocycles. The van der Waals surface area contributed by atoms with Crippen LogP contribution in [0, 0.1) is 19.6 Å². The molecule has 8 nitrogen and oxygen atoms in total. The fourth-order valence-electron chi connectivity index (χ4n) is 0.100. The molecule has 0 fully saturated rings. The molecule has 50 valence electrons. The Hall–Kier alpha value is -1.17. The summed E-state index contributed by atoms with van der Waals surface area (Å²) < 4.78 is 0. The van der Waals surface area contributed by atoms with E-state index in [0.717, 1.165) is 0 Å². The van der Waals surface area contributed by atoms with Crippen LogP contribution in [0.5, 0.6) is 0 Å². The van der Waals surface area contributed by atoms with E-state index in [0.29, 0.717) is 0 Å². The molecule has 0 aliphatic carbocycles. The van der Waals surface area contributed by atoms with Crippen molar-refractivity contribution in [3.8, 4) is 0 Å². The first-order valence-electron chi connectivity index (χ1n) is 1.62. The third-order valence-electron chi connectivity index (χ3n) is 0.490. The first-order chi connectivity index (χ1) is 4.24. The van der Waals surface area contributed by atoms with Gasteiger partial charge in [0.15, 0.2) is 0 Å². The Morgan fingerprint density at radius 1 is 0.667 bits per heavy atom. The predicted octanol–water partition coefficient (Wildman–Crippen LogP) is 1.46. The van der Waals surface area contributed by atoms with Gasteiger partial charge in [0.05, 0.1) is 0 Å². The van der Waals surface area contributed by atoms with Crippen molar-refractivity contribution in [3.05, 3.63) is 19.6 Å². The van der Waals surface area contributed by atoms with Gasteiger partial charge in [0, 0.05) is 0 Å². The van der Waals surface area contributed by atoms with E-state index >= 15 is 0 Å². The Morgan fingerprint density at radius 3 is 0.889 bits per heavy atom. The van der Waals surface area contributed by atoms with E-state index in [1.54, 1.807) is 0 Å². The first-order valence-corrected chi connectivity index (χ1v) is 3.41. The monoisotopic (exact) mass is 152 g/mol. The summed E-state index contributed by atoms with van der Waals surface area (Å²) in [4.78, 5) is 45.1. The molecule has 0 aliphatic heterocycles. The van der Waals surface area contributed by atoms with E-state index in [9.17, 15) is 19.6 Å². The molecule has 0 unspecified atom stereocenters. The van der Waals surface area contributed by atoms with Crippen LogP contribution in [-0.4, -0.2) is 0 Å². The second-order valence-corrected chi connectivity index (χ2v) is 2.90. The molecule has 9 heavy (non-hydrogen) atoms. The maximum atomic E-state index is 9.45. The summed E-state index contributed by atoms with van der Waals surface area (Å²) in [6.07, 6.45) is 0. The number of hydrogen-bond donors (Lipinski definition) is 0. The zero-order valence-electron chi connectivity index (χ0n) is 3.92. The Labute approximate surface area is 48.5 Å². The molecule has 0 amide bonds. The topological polar surface area (TPSA) is 118 Å². The van der Waals surface area contributed by atoms with E-state index in [-0.39, 0.29) is 0 Å². The van der Waals surface area contributed by atoms with Crippen molar-refractivity contribution >= 4 is 7.87 Å². The van der Waals surface area contributed by atoms with Crippen LogP contribution in [0.3, 0.4) is 0 Å². The average molecular weight is 152 g/mol. The molecule has 0 saturated carbocycles. The minimum absolute atomic E-state index is 1.83. The van der Waals surface area contributed by atoms with Gasteiger partial charge >= 0.3 is 47.3 Å². The molecule has 0 aromatic rings. The molecule has 0 radical (unpaired) electrons. The molecule has 0 saturated heterocycles. The fraction of sp³-hybridized carbons (Fsp3) is 0. The molecule has 0 N–H and O–H groups in total. The van der Waals surface area contributed by atoms with E-state index in [1.165, 1.54) is 0 Å². The zero-order valence-corrected chi connectivity index (χ0v) is 4.92. The molecule has 0 spiro atoms. The number of nitroso groups, excluding NO2 is 4. The van der Waals surface area contributed by atoms with Gasteiger partial charge in [-0.15, -0.1) is 0 Å². The van der Waals surface area contributed by atoms with Gasteiger partial charge in [-0.25, -0.2) is 0 Å². The predicted molar refractivity (Wildman–Crippen MR) is 31.5 cm³/mol. The van der Waals surface area contributed by atoms with E-state index in [1.807, 2.05) is 19.8 Å². The molecule has 0 bridgehead atoms.